The van der Waals surface area contributed by atoms with Gasteiger partial charge >= 0.3 is 5.97 Å². The van der Waals surface area contributed by atoms with E-state index in [-0.39, 0.29) is 18.2 Å². The van der Waals surface area contributed by atoms with Crippen LogP contribution in [0, 0.1) is 11.3 Å². The SMILES string of the molecule is CCOC(=O)c1cc(-c2ccc(N3CCN(C(=O)c4ccc(C#N)cc4)CC3)cc2)n(-c2ccccc2OC)n1. The molecule has 4 aromatic rings. The van der Waals surface area contributed by atoms with Crippen LogP contribution in [0.1, 0.15) is 33.3 Å². The highest BCUT2D eigenvalue weighted by molar-refractivity contribution is 5.94. The molecule has 0 radical (unpaired) electrons. The van der Waals surface area contributed by atoms with Crippen LogP contribution in [0.5, 0.6) is 5.75 Å². The molecule has 3 aromatic carbocycles. The van der Waals surface area contributed by atoms with E-state index in [0.717, 1.165) is 16.9 Å². The molecule has 0 aliphatic carbocycles. The normalized spacial score (nSPS) is 13.0. The molecule has 40 heavy (non-hydrogen) atoms. The topological polar surface area (TPSA) is 101 Å². The van der Waals surface area contributed by atoms with Gasteiger partial charge in [0.05, 0.1) is 31.0 Å². The predicted molar refractivity (Wildman–Crippen MR) is 151 cm³/mol. The lowest BCUT2D eigenvalue weighted by Crippen LogP contribution is -2.48. The van der Waals surface area contributed by atoms with E-state index in [1.807, 2.05) is 53.4 Å². The summed E-state index contributed by atoms with van der Waals surface area (Å²) in [7, 11) is 1.60. The quantitative estimate of drug-likeness (QED) is 0.320. The first kappa shape index (κ1) is 26.5. The van der Waals surface area contributed by atoms with Gasteiger partial charge in [-0.3, -0.25) is 4.79 Å². The number of piperazine rings is 1. The summed E-state index contributed by atoms with van der Waals surface area (Å²) in [5.74, 6) is 0.122. The van der Waals surface area contributed by atoms with Gasteiger partial charge in [0.2, 0.25) is 0 Å². The van der Waals surface area contributed by atoms with E-state index in [4.69, 9.17) is 14.7 Å². The van der Waals surface area contributed by atoms with Gasteiger partial charge in [-0.15, -0.1) is 0 Å². The maximum atomic E-state index is 12.9. The summed E-state index contributed by atoms with van der Waals surface area (Å²) >= 11 is 0. The van der Waals surface area contributed by atoms with Crippen LogP contribution in [-0.4, -0.2) is 66.5 Å². The number of nitriles is 1. The summed E-state index contributed by atoms with van der Waals surface area (Å²) in [5, 5.41) is 13.5. The van der Waals surface area contributed by atoms with Crippen LogP contribution < -0.4 is 9.64 Å². The standard InChI is InChI=1S/C31H29N5O4/c1-3-40-31(38)26-20-28(36(33-26)27-6-4-5-7-29(27)39-2)23-12-14-25(15-13-23)34-16-18-35(19-17-34)30(37)24-10-8-22(21-32)9-11-24/h4-15,20H,3,16-19H2,1-2H3. The summed E-state index contributed by atoms with van der Waals surface area (Å²) in [5.41, 5.74) is 4.71. The van der Waals surface area contributed by atoms with Crippen molar-refractivity contribution in [1.82, 2.24) is 14.7 Å². The van der Waals surface area contributed by atoms with Gasteiger partial charge in [-0.1, -0.05) is 24.3 Å². The van der Waals surface area contributed by atoms with Crippen molar-refractivity contribution in [3.8, 4) is 28.8 Å². The van der Waals surface area contributed by atoms with Crippen molar-refractivity contribution in [2.24, 2.45) is 0 Å². The number of rotatable bonds is 7. The summed E-state index contributed by atoms with van der Waals surface area (Å²) in [6.45, 7) is 4.63. The minimum Gasteiger partial charge on any atom is -0.494 e. The maximum absolute atomic E-state index is 12.9. The van der Waals surface area contributed by atoms with Crippen LogP contribution in [0.2, 0.25) is 0 Å². The van der Waals surface area contributed by atoms with Gasteiger partial charge in [0.25, 0.3) is 5.91 Å². The molecule has 0 bridgehead atoms. The van der Waals surface area contributed by atoms with Gasteiger partial charge in [0.15, 0.2) is 5.69 Å². The Morgan fingerprint density at radius 3 is 2.30 bits per heavy atom. The molecule has 1 amide bonds. The molecular formula is C31H29N5O4. The third-order valence-electron chi connectivity index (χ3n) is 6.86. The van der Waals surface area contributed by atoms with E-state index in [0.29, 0.717) is 48.7 Å². The van der Waals surface area contributed by atoms with Crippen LogP contribution in [0.4, 0.5) is 5.69 Å². The average Bonchev–Trinajstić information content (AvgIpc) is 3.46. The summed E-state index contributed by atoms with van der Waals surface area (Å²) in [4.78, 5) is 29.5. The first-order valence-corrected chi connectivity index (χ1v) is 13.1. The zero-order valence-electron chi connectivity index (χ0n) is 22.4. The zero-order chi connectivity index (χ0) is 28.1. The molecule has 0 unspecified atom stereocenters. The Bertz CT molecular complexity index is 1550. The van der Waals surface area contributed by atoms with Crippen molar-refractivity contribution < 1.29 is 19.1 Å². The first-order valence-electron chi connectivity index (χ1n) is 13.1. The number of ether oxygens (including phenoxy) is 2. The monoisotopic (exact) mass is 535 g/mol. The van der Waals surface area contributed by atoms with E-state index in [1.165, 1.54) is 0 Å². The third kappa shape index (κ3) is 5.38. The largest absolute Gasteiger partial charge is 0.494 e. The smallest absolute Gasteiger partial charge is 0.358 e. The number of hydrogen-bond donors (Lipinski definition) is 0. The number of anilines is 1. The number of carbonyl (C=O) groups excluding carboxylic acids is 2. The molecule has 0 N–H and O–H groups in total. The average molecular weight is 536 g/mol. The van der Waals surface area contributed by atoms with Crippen LogP contribution in [0.15, 0.2) is 78.9 Å². The molecule has 9 heteroatoms. The number of methoxy groups -OCH3 is 1. The van der Waals surface area contributed by atoms with Gasteiger partial charge in [-0.25, -0.2) is 9.48 Å². The number of hydrogen-bond acceptors (Lipinski definition) is 7. The lowest BCUT2D eigenvalue weighted by Gasteiger charge is -2.36. The lowest BCUT2D eigenvalue weighted by molar-refractivity contribution is 0.0518. The van der Waals surface area contributed by atoms with Crippen LogP contribution in [0.25, 0.3) is 16.9 Å². The van der Waals surface area contributed by atoms with Crippen molar-refractivity contribution in [2.75, 3.05) is 44.8 Å². The summed E-state index contributed by atoms with van der Waals surface area (Å²) in [6, 6.07) is 26.1. The van der Waals surface area contributed by atoms with E-state index in [2.05, 4.69) is 16.1 Å². The second kappa shape index (κ2) is 11.7. The molecule has 9 nitrogen and oxygen atoms in total. The van der Waals surface area contributed by atoms with E-state index in [9.17, 15) is 9.59 Å². The van der Waals surface area contributed by atoms with Crippen LogP contribution in [-0.2, 0) is 4.74 Å². The first-order chi connectivity index (χ1) is 19.5. The van der Waals surface area contributed by atoms with Crippen molar-refractivity contribution in [2.45, 2.75) is 6.92 Å². The van der Waals surface area contributed by atoms with Crippen LogP contribution >= 0.6 is 0 Å². The number of amides is 1. The minimum absolute atomic E-state index is 0.0264. The zero-order valence-corrected chi connectivity index (χ0v) is 22.4. The van der Waals surface area contributed by atoms with Crippen molar-refractivity contribution in [3.63, 3.8) is 0 Å². The fraction of sp³-hybridized carbons (Fsp3) is 0.226. The molecule has 5 rings (SSSR count). The van der Waals surface area contributed by atoms with E-state index < -0.39 is 5.97 Å². The molecule has 1 saturated heterocycles. The second-order valence-electron chi connectivity index (χ2n) is 9.23. The minimum atomic E-state index is -0.484. The molecule has 202 valence electrons. The van der Waals surface area contributed by atoms with Gasteiger partial charge in [0, 0.05) is 43.0 Å². The number of aromatic nitrogens is 2. The molecule has 0 saturated carbocycles. The molecule has 1 fully saturated rings. The van der Waals surface area contributed by atoms with E-state index in [1.54, 1.807) is 49.0 Å². The Morgan fingerprint density at radius 2 is 1.65 bits per heavy atom. The number of carbonyl (C=O) groups is 2. The molecule has 1 aliphatic heterocycles. The highest BCUT2D eigenvalue weighted by atomic mass is 16.5. The third-order valence-corrected chi connectivity index (χ3v) is 6.86. The molecule has 1 aromatic heterocycles. The Balaban J connectivity index is 1.34. The lowest BCUT2D eigenvalue weighted by atomic mass is 10.1. The number of nitrogens with zero attached hydrogens (tertiary/aromatic N) is 5. The number of esters is 1. The molecule has 2 heterocycles. The van der Waals surface area contributed by atoms with Gasteiger partial charge in [-0.2, -0.15) is 10.4 Å². The summed E-state index contributed by atoms with van der Waals surface area (Å²) < 4.78 is 12.4. The Hall–Kier alpha value is -5.10. The highest BCUT2D eigenvalue weighted by Gasteiger charge is 2.23. The highest BCUT2D eigenvalue weighted by Crippen LogP contribution is 2.31. The molecule has 0 spiro atoms. The fourth-order valence-corrected chi connectivity index (χ4v) is 4.76. The Kier molecular flexibility index (Phi) is 7.78. The fourth-order valence-electron chi connectivity index (χ4n) is 4.76. The second-order valence-corrected chi connectivity index (χ2v) is 9.23. The van der Waals surface area contributed by atoms with Crippen LogP contribution in [0.3, 0.4) is 0 Å². The number of benzene rings is 3. The number of para-hydroxylation sites is 2. The Morgan fingerprint density at radius 1 is 0.950 bits per heavy atom. The summed E-state index contributed by atoms with van der Waals surface area (Å²) in [6.07, 6.45) is 0. The molecule has 0 atom stereocenters. The Labute approximate surface area is 232 Å². The van der Waals surface area contributed by atoms with Crippen molar-refractivity contribution >= 4 is 17.6 Å². The van der Waals surface area contributed by atoms with Gasteiger partial charge < -0.3 is 19.3 Å². The van der Waals surface area contributed by atoms with Gasteiger partial charge in [0.1, 0.15) is 11.4 Å². The maximum Gasteiger partial charge on any atom is 0.358 e. The van der Waals surface area contributed by atoms with Crippen molar-refractivity contribution in [3.05, 3.63) is 95.7 Å². The van der Waals surface area contributed by atoms with Crippen molar-refractivity contribution in [1.29, 1.82) is 5.26 Å². The predicted octanol–water partition coefficient (Wildman–Crippen LogP) is 4.56. The molecular weight excluding hydrogens is 506 g/mol. The molecule has 1 aliphatic rings. The van der Waals surface area contributed by atoms with E-state index >= 15 is 0 Å². The van der Waals surface area contributed by atoms with Gasteiger partial charge in [-0.05, 0) is 61.5 Å².